The number of nitrogens with two attached hydrogens (primary N) is 1. The number of likely N-dealkylation sites (tertiary alicyclic amines) is 1. The number of methoxy groups -OCH3 is 2. The van der Waals surface area contributed by atoms with Crippen molar-refractivity contribution in [2.24, 2.45) is 11.7 Å². The zero-order chi connectivity index (χ0) is 18.1. The summed E-state index contributed by atoms with van der Waals surface area (Å²) in [6, 6.07) is 8.25. The maximum atomic E-state index is 11.9. The Morgan fingerprint density at radius 3 is 2.37 bits per heavy atom. The Kier molecular flexibility index (Phi) is 13.5. The Morgan fingerprint density at radius 1 is 1.22 bits per heavy atom. The molecule has 1 amide bonds. The third-order valence-corrected chi connectivity index (χ3v) is 4.87. The summed E-state index contributed by atoms with van der Waals surface area (Å²) in [5.41, 5.74) is 6.85. The highest BCUT2D eigenvalue weighted by Crippen LogP contribution is 2.19. The van der Waals surface area contributed by atoms with Gasteiger partial charge in [0.15, 0.2) is 0 Å². The monoisotopic (exact) mass is 421 g/mol. The Hall–Kier alpha value is -1.05. The van der Waals surface area contributed by atoms with E-state index in [1.54, 1.807) is 14.2 Å². The summed E-state index contributed by atoms with van der Waals surface area (Å²) in [7, 11) is 3.27. The van der Waals surface area contributed by atoms with E-state index in [1.165, 1.54) is 5.56 Å². The fourth-order valence-corrected chi connectivity index (χ4v) is 3.14. The molecule has 1 aliphatic heterocycles. The Bertz CT molecular complexity index is 519. The van der Waals surface area contributed by atoms with Gasteiger partial charge in [0.25, 0.3) is 0 Å². The quantitative estimate of drug-likeness (QED) is 0.638. The number of amides is 1. The van der Waals surface area contributed by atoms with Gasteiger partial charge in [-0.15, -0.1) is 24.8 Å². The SMILES string of the molecule is COc1ccc(CN2CCC(CNC(=O)CC(CN)OC)CC2)cc1.Cl.Cl. The highest BCUT2D eigenvalue weighted by Gasteiger charge is 2.20. The van der Waals surface area contributed by atoms with Gasteiger partial charge in [-0.2, -0.15) is 0 Å². The molecule has 1 unspecified atom stereocenters. The number of nitrogens with one attached hydrogen (secondary N) is 1. The minimum atomic E-state index is -0.189. The standard InChI is InChI=1S/C19H31N3O3.2ClH/c1-24-17-5-3-16(4-6-17)14-22-9-7-15(8-10-22)13-21-19(23)11-18(12-20)25-2;;/h3-6,15,18H,7-14,20H2,1-2H3,(H,21,23);2*1H. The van der Waals surface area contributed by atoms with Crippen LogP contribution in [0.3, 0.4) is 0 Å². The summed E-state index contributed by atoms with van der Waals surface area (Å²) in [5, 5.41) is 3.02. The maximum Gasteiger partial charge on any atom is 0.222 e. The van der Waals surface area contributed by atoms with Gasteiger partial charge in [0, 0.05) is 26.7 Å². The van der Waals surface area contributed by atoms with Crippen LogP contribution in [0.25, 0.3) is 0 Å². The number of hydrogen-bond donors (Lipinski definition) is 2. The molecule has 0 bridgehead atoms. The molecule has 1 saturated heterocycles. The molecule has 2 rings (SSSR count). The van der Waals surface area contributed by atoms with Crippen molar-refractivity contribution in [1.29, 1.82) is 0 Å². The lowest BCUT2D eigenvalue weighted by atomic mass is 9.96. The average Bonchev–Trinajstić information content (AvgIpc) is 2.66. The summed E-state index contributed by atoms with van der Waals surface area (Å²) in [5.74, 6) is 1.47. The first-order valence-electron chi connectivity index (χ1n) is 8.99. The molecule has 6 nitrogen and oxygen atoms in total. The van der Waals surface area contributed by atoms with E-state index in [0.717, 1.165) is 44.8 Å². The van der Waals surface area contributed by atoms with E-state index < -0.39 is 0 Å². The first-order valence-corrected chi connectivity index (χ1v) is 8.99. The van der Waals surface area contributed by atoms with Crippen LogP contribution < -0.4 is 15.8 Å². The zero-order valence-corrected chi connectivity index (χ0v) is 17.8. The van der Waals surface area contributed by atoms with Crippen LogP contribution in [-0.2, 0) is 16.1 Å². The van der Waals surface area contributed by atoms with Gasteiger partial charge in [-0.1, -0.05) is 12.1 Å². The second-order valence-electron chi connectivity index (χ2n) is 6.67. The molecule has 0 spiro atoms. The highest BCUT2D eigenvalue weighted by atomic mass is 35.5. The predicted molar refractivity (Wildman–Crippen MR) is 113 cm³/mol. The van der Waals surface area contributed by atoms with E-state index in [0.29, 0.717) is 18.9 Å². The van der Waals surface area contributed by atoms with Gasteiger partial charge in [-0.3, -0.25) is 9.69 Å². The van der Waals surface area contributed by atoms with Crippen molar-refractivity contribution in [3.05, 3.63) is 29.8 Å². The highest BCUT2D eigenvalue weighted by molar-refractivity contribution is 5.85. The molecule has 0 saturated carbocycles. The van der Waals surface area contributed by atoms with E-state index in [-0.39, 0.29) is 36.8 Å². The smallest absolute Gasteiger partial charge is 0.222 e. The minimum Gasteiger partial charge on any atom is -0.497 e. The third kappa shape index (κ3) is 9.12. The lowest BCUT2D eigenvalue weighted by Gasteiger charge is -2.32. The van der Waals surface area contributed by atoms with Crippen LogP contribution >= 0.6 is 24.8 Å². The van der Waals surface area contributed by atoms with E-state index >= 15 is 0 Å². The molecule has 8 heteroatoms. The topological polar surface area (TPSA) is 76.8 Å². The number of benzene rings is 1. The molecule has 0 aliphatic carbocycles. The van der Waals surface area contributed by atoms with Crippen molar-refractivity contribution in [1.82, 2.24) is 10.2 Å². The first-order chi connectivity index (χ1) is 12.1. The van der Waals surface area contributed by atoms with E-state index in [4.69, 9.17) is 15.2 Å². The van der Waals surface area contributed by atoms with Gasteiger partial charge in [0.2, 0.25) is 5.91 Å². The van der Waals surface area contributed by atoms with Crippen LogP contribution in [-0.4, -0.2) is 57.3 Å². The molecule has 0 radical (unpaired) electrons. The van der Waals surface area contributed by atoms with Crippen LogP contribution in [0, 0.1) is 5.92 Å². The van der Waals surface area contributed by atoms with Gasteiger partial charge in [-0.05, 0) is 49.5 Å². The van der Waals surface area contributed by atoms with Gasteiger partial charge < -0.3 is 20.5 Å². The number of nitrogens with zero attached hydrogens (tertiary/aromatic N) is 1. The summed E-state index contributed by atoms with van der Waals surface area (Å²) in [6.45, 7) is 4.21. The molecule has 3 N–H and O–H groups in total. The molecule has 27 heavy (non-hydrogen) atoms. The Balaban J connectivity index is 0.00000338. The van der Waals surface area contributed by atoms with Crippen molar-refractivity contribution in [3.63, 3.8) is 0 Å². The number of rotatable bonds is 9. The second-order valence-corrected chi connectivity index (χ2v) is 6.67. The molecular formula is C19H33Cl2N3O3. The van der Waals surface area contributed by atoms with Crippen LogP contribution in [0.15, 0.2) is 24.3 Å². The zero-order valence-electron chi connectivity index (χ0n) is 16.2. The average molecular weight is 422 g/mol. The molecule has 0 aromatic heterocycles. The van der Waals surface area contributed by atoms with Gasteiger partial charge in [-0.25, -0.2) is 0 Å². The van der Waals surface area contributed by atoms with Crippen LogP contribution in [0.4, 0.5) is 0 Å². The molecule has 1 atom stereocenters. The molecule has 1 aromatic rings. The van der Waals surface area contributed by atoms with E-state index in [1.807, 2.05) is 12.1 Å². The van der Waals surface area contributed by atoms with Crippen molar-refractivity contribution >= 4 is 30.7 Å². The summed E-state index contributed by atoms with van der Waals surface area (Å²) >= 11 is 0. The number of carbonyl (C=O) groups is 1. The predicted octanol–water partition coefficient (Wildman–Crippen LogP) is 2.23. The summed E-state index contributed by atoms with van der Waals surface area (Å²) in [6.07, 6.45) is 2.37. The van der Waals surface area contributed by atoms with Crippen molar-refractivity contribution in [3.8, 4) is 5.75 Å². The molecule has 1 fully saturated rings. The van der Waals surface area contributed by atoms with E-state index in [9.17, 15) is 4.79 Å². The summed E-state index contributed by atoms with van der Waals surface area (Å²) < 4.78 is 10.3. The first kappa shape index (κ1) is 26.0. The molecule has 1 aliphatic rings. The minimum absolute atomic E-state index is 0. The number of carbonyl (C=O) groups excluding carboxylic acids is 1. The lowest BCUT2D eigenvalue weighted by molar-refractivity contribution is -0.123. The largest absolute Gasteiger partial charge is 0.497 e. The fourth-order valence-electron chi connectivity index (χ4n) is 3.14. The maximum absolute atomic E-state index is 11.9. The fraction of sp³-hybridized carbons (Fsp3) is 0.632. The number of piperidine rings is 1. The number of ether oxygens (including phenoxy) is 2. The second kappa shape index (κ2) is 14.0. The molecule has 1 heterocycles. The Morgan fingerprint density at radius 2 is 1.85 bits per heavy atom. The molecule has 1 aromatic carbocycles. The van der Waals surface area contributed by atoms with E-state index in [2.05, 4.69) is 22.3 Å². The van der Waals surface area contributed by atoms with Gasteiger partial charge >= 0.3 is 0 Å². The van der Waals surface area contributed by atoms with Gasteiger partial charge in [0.05, 0.1) is 19.6 Å². The molecular weight excluding hydrogens is 389 g/mol. The van der Waals surface area contributed by atoms with Crippen molar-refractivity contribution < 1.29 is 14.3 Å². The lowest BCUT2D eigenvalue weighted by Crippen LogP contribution is -2.39. The van der Waals surface area contributed by atoms with Crippen molar-refractivity contribution in [2.45, 2.75) is 31.9 Å². The van der Waals surface area contributed by atoms with Crippen LogP contribution in [0.5, 0.6) is 5.75 Å². The number of hydrogen-bond acceptors (Lipinski definition) is 5. The van der Waals surface area contributed by atoms with Gasteiger partial charge in [0.1, 0.15) is 5.75 Å². The normalized spacial score (nSPS) is 16.0. The van der Waals surface area contributed by atoms with Crippen LogP contribution in [0.1, 0.15) is 24.8 Å². The van der Waals surface area contributed by atoms with Crippen LogP contribution in [0.2, 0.25) is 0 Å². The number of halogens is 2. The summed E-state index contributed by atoms with van der Waals surface area (Å²) in [4.78, 5) is 14.4. The Labute approximate surface area is 175 Å². The van der Waals surface area contributed by atoms with Crippen molar-refractivity contribution in [2.75, 3.05) is 40.4 Å². The molecule has 156 valence electrons. The third-order valence-electron chi connectivity index (χ3n) is 4.87.